The van der Waals surface area contributed by atoms with Gasteiger partial charge in [-0.15, -0.1) is 0 Å². The highest BCUT2D eigenvalue weighted by Crippen LogP contribution is 2.29. The van der Waals surface area contributed by atoms with Crippen molar-refractivity contribution in [2.75, 3.05) is 7.11 Å². The Morgan fingerprint density at radius 2 is 2.16 bits per heavy atom. The molecule has 1 heterocycles. The van der Waals surface area contributed by atoms with Crippen LogP contribution in [0, 0.1) is 12.7 Å². The zero-order valence-electron chi connectivity index (χ0n) is 11.1. The van der Waals surface area contributed by atoms with E-state index in [-0.39, 0.29) is 5.82 Å². The van der Waals surface area contributed by atoms with Gasteiger partial charge in [-0.25, -0.2) is 9.82 Å². The van der Waals surface area contributed by atoms with Crippen molar-refractivity contribution in [2.45, 2.75) is 13.0 Å². The van der Waals surface area contributed by atoms with Gasteiger partial charge in [-0.2, -0.15) is 5.10 Å². The number of aromatic nitrogens is 2. The van der Waals surface area contributed by atoms with Gasteiger partial charge < -0.3 is 4.74 Å². The molecule has 2 aromatic rings. The molecular weight excluding hydrogens is 247 g/mol. The van der Waals surface area contributed by atoms with Gasteiger partial charge in [-0.1, -0.05) is 0 Å². The lowest BCUT2D eigenvalue weighted by Crippen LogP contribution is -2.29. The first kappa shape index (κ1) is 13.5. The number of rotatable bonds is 4. The molecule has 3 N–H and O–H groups in total. The molecule has 0 saturated carbocycles. The van der Waals surface area contributed by atoms with Crippen LogP contribution in [0.2, 0.25) is 0 Å². The van der Waals surface area contributed by atoms with Crippen LogP contribution in [0.25, 0.3) is 0 Å². The van der Waals surface area contributed by atoms with Gasteiger partial charge in [-0.05, 0) is 31.2 Å². The molecule has 0 spiro atoms. The Hall–Kier alpha value is -1.92. The number of hydrazine groups is 1. The van der Waals surface area contributed by atoms with Crippen LogP contribution in [0.4, 0.5) is 4.39 Å². The van der Waals surface area contributed by atoms with Crippen molar-refractivity contribution in [1.82, 2.24) is 15.2 Å². The lowest BCUT2D eigenvalue weighted by molar-refractivity contribution is 0.402. The molecule has 0 aliphatic carbocycles. The smallest absolute Gasteiger partial charge is 0.124 e. The molecule has 1 unspecified atom stereocenters. The average Bonchev–Trinajstić information content (AvgIpc) is 2.70. The maximum atomic E-state index is 13.4. The molecule has 1 aromatic heterocycles. The van der Waals surface area contributed by atoms with Crippen LogP contribution in [-0.4, -0.2) is 16.9 Å². The van der Waals surface area contributed by atoms with E-state index in [1.807, 2.05) is 20.0 Å². The number of nitrogens with two attached hydrogens (primary N) is 1. The highest BCUT2D eigenvalue weighted by molar-refractivity contribution is 5.40. The molecule has 0 aliphatic rings. The average molecular weight is 264 g/mol. The molecule has 0 aliphatic heterocycles. The maximum Gasteiger partial charge on any atom is 0.124 e. The van der Waals surface area contributed by atoms with Crippen molar-refractivity contribution >= 4 is 0 Å². The lowest BCUT2D eigenvalue weighted by Gasteiger charge is -2.17. The van der Waals surface area contributed by atoms with Crippen molar-refractivity contribution in [3.05, 3.63) is 47.0 Å². The van der Waals surface area contributed by atoms with E-state index in [0.29, 0.717) is 17.0 Å². The molecule has 0 saturated heterocycles. The number of aryl methyl sites for hydroxylation is 2. The number of ether oxygens (including phenoxy) is 1. The third-order valence-corrected chi connectivity index (χ3v) is 3.10. The highest BCUT2D eigenvalue weighted by Gasteiger charge is 2.20. The Kier molecular flexibility index (Phi) is 3.82. The fraction of sp³-hybridized carbons (Fsp3) is 0.308. The first-order chi connectivity index (χ1) is 9.06. The van der Waals surface area contributed by atoms with Gasteiger partial charge in [0, 0.05) is 18.3 Å². The first-order valence-corrected chi connectivity index (χ1v) is 5.87. The summed E-state index contributed by atoms with van der Waals surface area (Å²) in [4.78, 5) is 0. The van der Waals surface area contributed by atoms with Crippen LogP contribution >= 0.6 is 0 Å². The van der Waals surface area contributed by atoms with Crippen LogP contribution in [0.5, 0.6) is 5.75 Å². The number of halogens is 1. The standard InChI is InChI=1S/C13H17FN4O/c1-8-6-11(17-18(8)2)13(16-15)10-7-9(14)4-5-12(10)19-3/h4-7,13,16H,15H2,1-3H3. The minimum Gasteiger partial charge on any atom is -0.496 e. The summed E-state index contributed by atoms with van der Waals surface area (Å²) in [5.41, 5.74) is 4.97. The molecule has 0 fully saturated rings. The molecule has 5 nitrogen and oxygen atoms in total. The Labute approximate surface area is 111 Å². The zero-order chi connectivity index (χ0) is 14.0. The second-order valence-electron chi connectivity index (χ2n) is 4.32. The van der Waals surface area contributed by atoms with Gasteiger partial charge in [0.25, 0.3) is 0 Å². The van der Waals surface area contributed by atoms with E-state index in [2.05, 4.69) is 10.5 Å². The van der Waals surface area contributed by atoms with E-state index in [9.17, 15) is 4.39 Å². The molecule has 0 radical (unpaired) electrons. The van der Waals surface area contributed by atoms with Gasteiger partial charge in [0.05, 0.1) is 18.8 Å². The van der Waals surface area contributed by atoms with Crippen molar-refractivity contribution < 1.29 is 9.13 Å². The monoisotopic (exact) mass is 264 g/mol. The van der Waals surface area contributed by atoms with Crippen LogP contribution < -0.4 is 16.0 Å². The summed E-state index contributed by atoms with van der Waals surface area (Å²) in [5.74, 6) is 5.81. The molecule has 102 valence electrons. The van der Waals surface area contributed by atoms with E-state index in [4.69, 9.17) is 10.6 Å². The Balaban J connectivity index is 2.50. The SMILES string of the molecule is COc1ccc(F)cc1C(NN)c1cc(C)n(C)n1. The summed E-state index contributed by atoms with van der Waals surface area (Å²) in [7, 11) is 3.38. The van der Waals surface area contributed by atoms with Crippen molar-refractivity contribution in [3.63, 3.8) is 0 Å². The molecule has 0 amide bonds. The second-order valence-corrected chi connectivity index (χ2v) is 4.32. The van der Waals surface area contributed by atoms with Crippen LogP contribution in [0.15, 0.2) is 24.3 Å². The summed E-state index contributed by atoms with van der Waals surface area (Å²) >= 11 is 0. The number of methoxy groups -OCH3 is 1. The molecule has 1 aromatic carbocycles. The Bertz CT molecular complexity index is 563. The predicted octanol–water partition coefficient (Wildman–Crippen LogP) is 1.43. The van der Waals surface area contributed by atoms with Gasteiger partial charge in [0.15, 0.2) is 0 Å². The number of hydrogen-bond acceptors (Lipinski definition) is 4. The summed E-state index contributed by atoms with van der Waals surface area (Å²) < 4.78 is 20.4. The summed E-state index contributed by atoms with van der Waals surface area (Å²) in [5, 5.41) is 4.36. The zero-order valence-corrected chi connectivity index (χ0v) is 11.1. The molecule has 19 heavy (non-hydrogen) atoms. The fourth-order valence-corrected chi connectivity index (χ4v) is 1.99. The summed E-state index contributed by atoms with van der Waals surface area (Å²) in [6.07, 6.45) is 0. The Morgan fingerprint density at radius 3 is 2.68 bits per heavy atom. The number of nitrogens with one attached hydrogen (secondary N) is 1. The number of hydrogen-bond donors (Lipinski definition) is 2. The molecule has 6 heteroatoms. The fourth-order valence-electron chi connectivity index (χ4n) is 1.99. The van der Waals surface area contributed by atoms with E-state index < -0.39 is 6.04 Å². The second kappa shape index (κ2) is 5.38. The van der Waals surface area contributed by atoms with Gasteiger partial charge >= 0.3 is 0 Å². The minimum atomic E-state index is -0.425. The normalized spacial score (nSPS) is 12.5. The summed E-state index contributed by atoms with van der Waals surface area (Å²) in [6, 6.07) is 5.79. The van der Waals surface area contributed by atoms with Crippen molar-refractivity contribution in [1.29, 1.82) is 0 Å². The Morgan fingerprint density at radius 1 is 1.42 bits per heavy atom. The predicted molar refractivity (Wildman–Crippen MR) is 70.1 cm³/mol. The molecular formula is C13H17FN4O. The van der Waals surface area contributed by atoms with Gasteiger partial charge in [-0.3, -0.25) is 10.5 Å². The maximum absolute atomic E-state index is 13.4. The first-order valence-electron chi connectivity index (χ1n) is 5.87. The van der Waals surface area contributed by atoms with Crippen molar-refractivity contribution in [3.8, 4) is 5.75 Å². The third-order valence-electron chi connectivity index (χ3n) is 3.10. The van der Waals surface area contributed by atoms with E-state index >= 15 is 0 Å². The van der Waals surface area contributed by atoms with E-state index in [1.54, 1.807) is 10.7 Å². The third kappa shape index (κ3) is 2.59. The topological polar surface area (TPSA) is 65.1 Å². The van der Waals surface area contributed by atoms with Crippen LogP contribution in [-0.2, 0) is 7.05 Å². The largest absolute Gasteiger partial charge is 0.496 e. The molecule has 2 rings (SSSR count). The van der Waals surface area contributed by atoms with Gasteiger partial charge in [0.1, 0.15) is 11.6 Å². The quantitative estimate of drug-likeness (QED) is 0.647. The van der Waals surface area contributed by atoms with Crippen LogP contribution in [0.1, 0.15) is 23.0 Å². The summed E-state index contributed by atoms with van der Waals surface area (Å²) in [6.45, 7) is 1.94. The number of nitrogens with zero attached hydrogens (tertiary/aromatic N) is 2. The van der Waals surface area contributed by atoms with Gasteiger partial charge in [0.2, 0.25) is 0 Å². The number of benzene rings is 1. The molecule has 0 bridgehead atoms. The van der Waals surface area contributed by atoms with Crippen LogP contribution in [0.3, 0.4) is 0 Å². The van der Waals surface area contributed by atoms with E-state index in [0.717, 1.165) is 5.69 Å². The highest BCUT2D eigenvalue weighted by atomic mass is 19.1. The van der Waals surface area contributed by atoms with E-state index in [1.165, 1.54) is 19.2 Å². The lowest BCUT2D eigenvalue weighted by atomic mass is 10.0. The minimum absolute atomic E-state index is 0.344. The van der Waals surface area contributed by atoms with Crippen molar-refractivity contribution in [2.24, 2.45) is 12.9 Å². The molecule has 1 atom stereocenters.